The van der Waals surface area contributed by atoms with Crippen molar-refractivity contribution >= 4 is 5.69 Å². The maximum atomic E-state index is 5.70. The Morgan fingerprint density at radius 1 is 1.12 bits per heavy atom. The van der Waals surface area contributed by atoms with Gasteiger partial charge in [-0.05, 0) is 6.07 Å². The van der Waals surface area contributed by atoms with Crippen LogP contribution in [-0.2, 0) is 9.47 Å². The lowest BCUT2D eigenvalue weighted by atomic mass is 10.4. The van der Waals surface area contributed by atoms with E-state index in [9.17, 15) is 0 Å². The quantitative estimate of drug-likeness (QED) is 0.677. The van der Waals surface area contributed by atoms with Crippen LogP contribution in [0, 0.1) is 0 Å². The van der Waals surface area contributed by atoms with Crippen LogP contribution in [0.3, 0.4) is 0 Å². The summed E-state index contributed by atoms with van der Waals surface area (Å²) in [6.45, 7) is 1.95. The highest BCUT2D eigenvalue weighted by Crippen LogP contribution is 2.21. The average Bonchev–Trinajstić information content (AvgIpc) is 2.35. The normalized spacial score (nSPS) is 10.2. The number of hydrogen-bond donors (Lipinski definition) is 1. The molecule has 6 nitrogen and oxygen atoms in total. The first-order chi connectivity index (χ1) is 8.27. The van der Waals surface area contributed by atoms with Crippen LogP contribution < -0.4 is 15.2 Å². The van der Waals surface area contributed by atoms with E-state index in [2.05, 4.69) is 4.98 Å². The maximum absolute atomic E-state index is 5.70. The first-order valence-corrected chi connectivity index (χ1v) is 5.28. The Morgan fingerprint density at radius 3 is 2.59 bits per heavy atom. The Balaban J connectivity index is 2.30. The van der Waals surface area contributed by atoms with Crippen LogP contribution in [0.5, 0.6) is 11.8 Å². The second-order valence-corrected chi connectivity index (χ2v) is 3.20. The van der Waals surface area contributed by atoms with Crippen LogP contribution in [0.25, 0.3) is 0 Å². The van der Waals surface area contributed by atoms with Crippen molar-refractivity contribution in [1.29, 1.82) is 0 Å². The van der Waals surface area contributed by atoms with E-state index in [0.717, 1.165) is 0 Å². The zero-order valence-electron chi connectivity index (χ0n) is 10.1. The standard InChI is InChI=1S/C11H18N2O4/c1-14-5-6-16-7-8-17-11-9(12)3-4-10(13-11)15-2/h3-4H,5-8,12H2,1-2H3. The fourth-order valence-electron chi connectivity index (χ4n) is 1.11. The highest BCUT2D eigenvalue weighted by molar-refractivity contribution is 5.49. The zero-order chi connectivity index (χ0) is 12.5. The van der Waals surface area contributed by atoms with Gasteiger partial charge in [-0.25, -0.2) is 0 Å². The fraction of sp³-hybridized carbons (Fsp3) is 0.545. The van der Waals surface area contributed by atoms with E-state index in [0.29, 0.717) is 43.9 Å². The molecule has 0 bridgehead atoms. The number of rotatable bonds is 8. The number of nitrogen functional groups attached to an aromatic ring is 1. The highest BCUT2D eigenvalue weighted by Gasteiger charge is 2.04. The highest BCUT2D eigenvalue weighted by atomic mass is 16.5. The molecule has 0 aliphatic carbocycles. The number of hydrogen-bond acceptors (Lipinski definition) is 6. The average molecular weight is 242 g/mol. The molecular weight excluding hydrogens is 224 g/mol. The number of ether oxygens (including phenoxy) is 4. The predicted molar refractivity (Wildman–Crippen MR) is 63.4 cm³/mol. The minimum atomic E-state index is 0.361. The van der Waals surface area contributed by atoms with Crippen molar-refractivity contribution in [3.63, 3.8) is 0 Å². The number of nitrogens with two attached hydrogens (primary N) is 1. The lowest BCUT2D eigenvalue weighted by Gasteiger charge is -2.09. The number of aromatic nitrogens is 1. The van der Waals surface area contributed by atoms with E-state index in [1.54, 1.807) is 19.2 Å². The molecule has 0 saturated heterocycles. The van der Waals surface area contributed by atoms with Crippen molar-refractivity contribution in [2.75, 3.05) is 46.4 Å². The van der Waals surface area contributed by atoms with E-state index < -0.39 is 0 Å². The first-order valence-electron chi connectivity index (χ1n) is 5.28. The number of pyridine rings is 1. The second-order valence-electron chi connectivity index (χ2n) is 3.20. The Kier molecular flexibility index (Phi) is 6.13. The Bertz CT molecular complexity index is 333. The molecule has 6 heteroatoms. The molecule has 17 heavy (non-hydrogen) atoms. The molecule has 0 aliphatic heterocycles. The molecule has 0 saturated carbocycles. The predicted octanol–water partition coefficient (Wildman–Crippen LogP) is 0.714. The molecule has 2 N–H and O–H groups in total. The first kappa shape index (κ1) is 13.5. The minimum absolute atomic E-state index is 0.361. The van der Waals surface area contributed by atoms with Gasteiger partial charge in [0, 0.05) is 13.2 Å². The molecule has 1 aromatic rings. The summed E-state index contributed by atoms with van der Waals surface area (Å²) in [7, 11) is 3.16. The molecule has 0 aromatic carbocycles. The largest absolute Gasteiger partial charge is 0.481 e. The summed E-state index contributed by atoms with van der Waals surface area (Å²) in [6, 6.07) is 3.37. The molecule has 1 heterocycles. The summed E-state index contributed by atoms with van der Waals surface area (Å²) in [6.07, 6.45) is 0. The molecule has 0 spiro atoms. The van der Waals surface area contributed by atoms with Crippen LogP contribution >= 0.6 is 0 Å². The van der Waals surface area contributed by atoms with Gasteiger partial charge in [0.2, 0.25) is 11.8 Å². The van der Waals surface area contributed by atoms with Gasteiger partial charge in [0.05, 0.1) is 32.6 Å². The maximum Gasteiger partial charge on any atom is 0.240 e. The third-order valence-corrected chi connectivity index (χ3v) is 1.97. The SMILES string of the molecule is COCCOCCOc1nc(OC)ccc1N. The molecule has 0 fully saturated rings. The van der Waals surface area contributed by atoms with E-state index in [4.69, 9.17) is 24.7 Å². The summed E-state index contributed by atoms with van der Waals surface area (Å²) >= 11 is 0. The summed E-state index contributed by atoms with van der Waals surface area (Å²) in [5.74, 6) is 0.828. The van der Waals surface area contributed by atoms with Crippen molar-refractivity contribution in [3.05, 3.63) is 12.1 Å². The zero-order valence-corrected chi connectivity index (χ0v) is 10.1. The third-order valence-electron chi connectivity index (χ3n) is 1.97. The van der Waals surface area contributed by atoms with Crippen LogP contribution in [0.15, 0.2) is 12.1 Å². The van der Waals surface area contributed by atoms with Crippen LogP contribution in [0.2, 0.25) is 0 Å². The number of methoxy groups -OCH3 is 2. The molecule has 0 radical (unpaired) electrons. The minimum Gasteiger partial charge on any atom is -0.481 e. The van der Waals surface area contributed by atoms with Crippen molar-refractivity contribution < 1.29 is 18.9 Å². The third kappa shape index (κ3) is 4.88. The molecule has 0 aliphatic rings. The van der Waals surface area contributed by atoms with Crippen LogP contribution in [0.4, 0.5) is 5.69 Å². The molecule has 96 valence electrons. The second kappa shape index (κ2) is 7.70. The monoisotopic (exact) mass is 242 g/mol. The summed E-state index contributed by atoms with van der Waals surface area (Å²) in [4.78, 5) is 4.08. The van der Waals surface area contributed by atoms with Crippen molar-refractivity contribution in [3.8, 4) is 11.8 Å². The Labute approximate surface area is 101 Å². The van der Waals surface area contributed by atoms with Gasteiger partial charge in [0.1, 0.15) is 6.61 Å². The van der Waals surface area contributed by atoms with E-state index in [-0.39, 0.29) is 0 Å². The molecule has 1 aromatic heterocycles. The smallest absolute Gasteiger partial charge is 0.240 e. The van der Waals surface area contributed by atoms with E-state index >= 15 is 0 Å². The fourth-order valence-corrected chi connectivity index (χ4v) is 1.11. The number of anilines is 1. The summed E-state index contributed by atoms with van der Waals surface area (Å²) in [5, 5.41) is 0. The molecular formula is C11H18N2O4. The van der Waals surface area contributed by atoms with Gasteiger partial charge in [-0.15, -0.1) is 0 Å². The Morgan fingerprint density at radius 2 is 1.88 bits per heavy atom. The Hall–Kier alpha value is -1.53. The topological polar surface area (TPSA) is 75.8 Å². The molecule has 1 rings (SSSR count). The van der Waals surface area contributed by atoms with Crippen molar-refractivity contribution in [1.82, 2.24) is 4.98 Å². The lowest BCUT2D eigenvalue weighted by Crippen LogP contribution is -2.11. The van der Waals surface area contributed by atoms with E-state index in [1.165, 1.54) is 7.11 Å². The van der Waals surface area contributed by atoms with Gasteiger partial charge in [-0.1, -0.05) is 0 Å². The summed E-state index contributed by atoms with van der Waals surface area (Å²) < 4.78 is 20.4. The molecule has 0 unspecified atom stereocenters. The van der Waals surface area contributed by atoms with Crippen LogP contribution in [-0.4, -0.2) is 45.6 Å². The number of nitrogens with zero attached hydrogens (tertiary/aromatic N) is 1. The van der Waals surface area contributed by atoms with Crippen molar-refractivity contribution in [2.45, 2.75) is 0 Å². The lowest BCUT2D eigenvalue weighted by molar-refractivity contribution is 0.0537. The van der Waals surface area contributed by atoms with Crippen molar-refractivity contribution in [2.24, 2.45) is 0 Å². The van der Waals surface area contributed by atoms with Gasteiger partial charge < -0.3 is 24.7 Å². The summed E-state index contributed by atoms with van der Waals surface area (Å²) in [5.41, 5.74) is 6.18. The van der Waals surface area contributed by atoms with Gasteiger partial charge in [-0.2, -0.15) is 4.98 Å². The van der Waals surface area contributed by atoms with Crippen LogP contribution in [0.1, 0.15) is 0 Å². The van der Waals surface area contributed by atoms with Gasteiger partial charge in [0.25, 0.3) is 0 Å². The molecule has 0 atom stereocenters. The van der Waals surface area contributed by atoms with E-state index in [1.807, 2.05) is 0 Å². The van der Waals surface area contributed by atoms with Gasteiger partial charge in [-0.3, -0.25) is 0 Å². The molecule has 0 amide bonds. The van der Waals surface area contributed by atoms with Gasteiger partial charge >= 0.3 is 0 Å². The van der Waals surface area contributed by atoms with Gasteiger partial charge in [0.15, 0.2) is 0 Å².